The van der Waals surface area contributed by atoms with Crippen LogP contribution in [-0.2, 0) is 17.5 Å². The first-order valence-electron chi connectivity index (χ1n) is 7.82. The van der Waals surface area contributed by atoms with Crippen LogP contribution in [0.1, 0.15) is 22.7 Å². The third-order valence-corrected chi connectivity index (χ3v) is 4.64. The van der Waals surface area contributed by atoms with Gasteiger partial charge in [-0.2, -0.15) is 13.2 Å². The van der Waals surface area contributed by atoms with Gasteiger partial charge < -0.3 is 10.1 Å². The van der Waals surface area contributed by atoms with Gasteiger partial charge in [0.15, 0.2) is 0 Å². The molecule has 0 aromatic heterocycles. The van der Waals surface area contributed by atoms with Crippen LogP contribution in [0.2, 0.25) is 0 Å². The molecule has 0 aliphatic carbocycles. The summed E-state index contributed by atoms with van der Waals surface area (Å²) in [7, 11) is 1.45. The largest absolute Gasteiger partial charge is 0.496 e. The predicted molar refractivity (Wildman–Crippen MR) is 94.0 cm³/mol. The molecule has 9 heteroatoms. The molecule has 2 aromatic rings. The number of hydrogen-bond acceptors (Lipinski definition) is 3. The van der Waals surface area contributed by atoms with Crippen molar-refractivity contribution < 1.29 is 27.5 Å². The van der Waals surface area contributed by atoms with E-state index in [0.29, 0.717) is 21.3 Å². The topological polar surface area (TPSA) is 58.6 Å². The molecule has 3 amide bonds. The van der Waals surface area contributed by atoms with Crippen molar-refractivity contribution in [2.45, 2.75) is 18.8 Å². The van der Waals surface area contributed by atoms with E-state index in [4.69, 9.17) is 4.74 Å². The van der Waals surface area contributed by atoms with Crippen LogP contribution in [0.4, 0.5) is 18.0 Å². The highest BCUT2D eigenvalue weighted by Gasteiger charge is 2.40. The Morgan fingerprint density at radius 1 is 1.15 bits per heavy atom. The van der Waals surface area contributed by atoms with Crippen molar-refractivity contribution in [3.05, 3.63) is 63.6 Å². The molecule has 0 bridgehead atoms. The molecule has 1 unspecified atom stereocenters. The number of methoxy groups -OCH3 is 1. The maximum absolute atomic E-state index is 12.7. The van der Waals surface area contributed by atoms with Gasteiger partial charge in [-0.25, -0.2) is 4.79 Å². The molecule has 27 heavy (non-hydrogen) atoms. The minimum atomic E-state index is -4.44. The second kappa shape index (κ2) is 7.22. The van der Waals surface area contributed by atoms with E-state index in [1.54, 1.807) is 18.2 Å². The first-order chi connectivity index (χ1) is 12.7. The van der Waals surface area contributed by atoms with E-state index in [1.165, 1.54) is 19.2 Å². The molecule has 0 radical (unpaired) electrons. The fourth-order valence-electron chi connectivity index (χ4n) is 2.79. The Morgan fingerprint density at radius 3 is 2.41 bits per heavy atom. The third-order valence-electron chi connectivity index (χ3n) is 4.15. The van der Waals surface area contributed by atoms with E-state index in [1.807, 2.05) is 0 Å². The summed E-state index contributed by atoms with van der Waals surface area (Å²) in [5.74, 6) is -0.0653. The summed E-state index contributed by atoms with van der Waals surface area (Å²) < 4.78 is 43.9. The van der Waals surface area contributed by atoms with Crippen molar-refractivity contribution in [3.8, 4) is 5.75 Å². The van der Waals surface area contributed by atoms with Gasteiger partial charge in [-0.1, -0.05) is 28.1 Å². The van der Waals surface area contributed by atoms with Crippen LogP contribution in [0, 0.1) is 0 Å². The zero-order valence-electron chi connectivity index (χ0n) is 14.0. The number of benzene rings is 2. The van der Waals surface area contributed by atoms with Crippen LogP contribution in [0.15, 0.2) is 46.9 Å². The van der Waals surface area contributed by atoms with Gasteiger partial charge in [0.1, 0.15) is 11.8 Å². The van der Waals surface area contributed by atoms with E-state index in [0.717, 1.165) is 17.0 Å². The Hall–Kier alpha value is -2.55. The lowest BCUT2D eigenvalue weighted by atomic mass is 10.1. The average Bonchev–Trinajstić information content (AvgIpc) is 2.89. The zero-order valence-corrected chi connectivity index (χ0v) is 15.6. The maximum atomic E-state index is 12.7. The number of imide groups is 1. The first kappa shape index (κ1) is 19.2. The number of amides is 3. The smallest absolute Gasteiger partial charge is 0.416 e. The summed E-state index contributed by atoms with van der Waals surface area (Å²) in [6.07, 6.45) is -4.44. The molecule has 1 fully saturated rings. The summed E-state index contributed by atoms with van der Waals surface area (Å²) in [4.78, 5) is 25.9. The normalized spacial score (nSPS) is 17.2. The molecule has 5 nitrogen and oxygen atoms in total. The quantitative estimate of drug-likeness (QED) is 0.719. The third kappa shape index (κ3) is 3.92. The van der Waals surface area contributed by atoms with Gasteiger partial charge in [-0.3, -0.25) is 9.69 Å². The average molecular weight is 443 g/mol. The molecule has 1 heterocycles. The molecule has 1 saturated heterocycles. The summed E-state index contributed by atoms with van der Waals surface area (Å²) in [6, 6.07) is 7.86. The Kier molecular flexibility index (Phi) is 5.14. The highest BCUT2D eigenvalue weighted by molar-refractivity contribution is 9.10. The lowest BCUT2D eigenvalue weighted by molar-refractivity contribution is -0.137. The number of nitrogens with zero attached hydrogens (tertiary/aromatic N) is 1. The van der Waals surface area contributed by atoms with Crippen LogP contribution in [0.5, 0.6) is 5.75 Å². The van der Waals surface area contributed by atoms with E-state index in [9.17, 15) is 22.8 Å². The van der Waals surface area contributed by atoms with Gasteiger partial charge in [0, 0.05) is 10.0 Å². The molecule has 1 atom stereocenters. The number of ether oxygens (including phenoxy) is 1. The van der Waals surface area contributed by atoms with Crippen molar-refractivity contribution >= 4 is 27.9 Å². The number of hydrogen-bond donors (Lipinski definition) is 1. The molecule has 2 aromatic carbocycles. The molecule has 0 saturated carbocycles. The van der Waals surface area contributed by atoms with E-state index in [-0.39, 0.29) is 6.54 Å². The summed E-state index contributed by atoms with van der Waals surface area (Å²) in [6.45, 7) is -0.129. The van der Waals surface area contributed by atoms with Gasteiger partial charge in [-0.05, 0) is 35.9 Å². The number of rotatable bonds is 4. The Bertz CT molecular complexity index is 884. The highest BCUT2D eigenvalue weighted by Crippen LogP contribution is 2.33. The SMILES string of the molecule is COc1ccc(Br)cc1C1NC(=O)N(Cc2ccc(C(F)(F)F)cc2)C1=O. The van der Waals surface area contributed by atoms with Gasteiger partial charge in [0.05, 0.1) is 19.2 Å². The summed E-state index contributed by atoms with van der Waals surface area (Å²) in [5.41, 5.74) is 0.105. The monoisotopic (exact) mass is 442 g/mol. The van der Waals surface area contributed by atoms with E-state index >= 15 is 0 Å². The maximum Gasteiger partial charge on any atom is 0.416 e. The van der Waals surface area contributed by atoms with Crippen LogP contribution in [0.3, 0.4) is 0 Å². The molecule has 1 N–H and O–H groups in total. The Balaban J connectivity index is 1.82. The van der Waals surface area contributed by atoms with Crippen LogP contribution in [0.25, 0.3) is 0 Å². The Labute approximate surface area is 161 Å². The standard InChI is InChI=1S/C18H14BrF3N2O3/c1-27-14-7-6-12(19)8-13(14)15-16(25)24(17(26)23-15)9-10-2-4-11(5-3-10)18(20,21)22/h2-8,15H,9H2,1H3,(H,23,26). The second-order valence-electron chi connectivity index (χ2n) is 5.89. The highest BCUT2D eigenvalue weighted by atomic mass is 79.9. The van der Waals surface area contributed by atoms with Gasteiger partial charge >= 0.3 is 12.2 Å². The number of alkyl halides is 3. The van der Waals surface area contributed by atoms with Crippen LogP contribution in [-0.4, -0.2) is 23.9 Å². The second-order valence-corrected chi connectivity index (χ2v) is 6.80. The van der Waals surface area contributed by atoms with Crippen molar-refractivity contribution in [2.75, 3.05) is 7.11 Å². The van der Waals surface area contributed by atoms with Crippen molar-refractivity contribution in [1.82, 2.24) is 10.2 Å². The number of halogens is 4. The van der Waals surface area contributed by atoms with E-state index < -0.39 is 29.7 Å². The van der Waals surface area contributed by atoms with Gasteiger partial charge in [-0.15, -0.1) is 0 Å². The fourth-order valence-corrected chi connectivity index (χ4v) is 3.17. The van der Waals surface area contributed by atoms with Crippen molar-refractivity contribution in [1.29, 1.82) is 0 Å². The number of nitrogens with one attached hydrogen (secondary N) is 1. The zero-order chi connectivity index (χ0) is 19.8. The molecular formula is C18H14BrF3N2O3. The first-order valence-corrected chi connectivity index (χ1v) is 8.61. The minimum absolute atomic E-state index is 0.129. The number of carbonyl (C=O) groups is 2. The predicted octanol–water partition coefficient (Wildman–Crippen LogP) is 4.27. The molecule has 1 aliphatic heterocycles. The molecular weight excluding hydrogens is 429 g/mol. The lowest BCUT2D eigenvalue weighted by Gasteiger charge is -2.15. The fraction of sp³-hybridized carbons (Fsp3) is 0.222. The van der Waals surface area contributed by atoms with Crippen LogP contribution < -0.4 is 10.1 Å². The molecule has 142 valence electrons. The number of urea groups is 1. The summed E-state index contributed by atoms with van der Waals surface area (Å²) in [5, 5.41) is 2.58. The van der Waals surface area contributed by atoms with Crippen molar-refractivity contribution in [3.63, 3.8) is 0 Å². The van der Waals surface area contributed by atoms with E-state index in [2.05, 4.69) is 21.2 Å². The number of carbonyl (C=O) groups excluding carboxylic acids is 2. The lowest BCUT2D eigenvalue weighted by Crippen LogP contribution is -2.30. The molecule has 0 spiro atoms. The minimum Gasteiger partial charge on any atom is -0.496 e. The van der Waals surface area contributed by atoms with Gasteiger partial charge in [0.25, 0.3) is 5.91 Å². The van der Waals surface area contributed by atoms with Crippen LogP contribution >= 0.6 is 15.9 Å². The van der Waals surface area contributed by atoms with Crippen molar-refractivity contribution in [2.24, 2.45) is 0 Å². The molecule has 1 aliphatic rings. The summed E-state index contributed by atoms with van der Waals surface area (Å²) >= 11 is 3.31. The molecule has 3 rings (SSSR count). The Morgan fingerprint density at radius 2 is 1.81 bits per heavy atom. The van der Waals surface area contributed by atoms with Gasteiger partial charge in [0.2, 0.25) is 0 Å².